The first-order valence-corrected chi connectivity index (χ1v) is 7.10. The van der Waals surface area contributed by atoms with E-state index in [0.29, 0.717) is 17.2 Å². The molecule has 23 heavy (non-hydrogen) atoms. The molecule has 6 heteroatoms. The molecule has 1 aliphatic rings. The van der Waals surface area contributed by atoms with E-state index in [4.69, 9.17) is 9.47 Å². The fourth-order valence-electron chi connectivity index (χ4n) is 2.64. The highest BCUT2D eigenvalue weighted by Gasteiger charge is 2.20. The Kier molecular flexibility index (Phi) is 2.98. The Hall–Kier alpha value is -3.33. The van der Waals surface area contributed by atoms with Gasteiger partial charge >= 0.3 is 0 Å². The summed E-state index contributed by atoms with van der Waals surface area (Å²) in [7, 11) is 0. The number of aryl methyl sites for hydroxylation is 1. The molecule has 0 saturated heterocycles. The van der Waals surface area contributed by atoms with Gasteiger partial charge in [0.25, 0.3) is 0 Å². The zero-order valence-electron chi connectivity index (χ0n) is 12.4. The van der Waals surface area contributed by atoms with E-state index < -0.39 is 0 Å². The molecule has 0 bridgehead atoms. The topological polar surface area (TPSA) is 73.0 Å². The Balaban J connectivity index is 1.93. The third-order valence-corrected chi connectivity index (χ3v) is 3.78. The van der Waals surface area contributed by atoms with E-state index in [9.17, 15) is 5.26 Å². The van der Waals surface area contributed by atoms with Gasteiger partial charge in [0.2, 0.25) is 6.79 Å². The molecule has 2 heterocycles. The number of benzene rings is 2. The van der Waals surface area contributed by atoms with Crippen molar-refractivity contribution in [2.45, 2.75) is 6.92 Å². The second kappa shape index (κ2) is 5.14. The zero-order chi connectivity index (χ0) is 15.8. The molecule has 0 unspecified atom stereocenters. The van der Waals surface area contributed by atoms with Gasteiger partial charge in [-0.2, -0.15) is 5.26 Å². The Labute approximate surface area is 132 Å². The van der Waals surface area contributed by atoms with Crippen molar-refractivity contribution in [3.8, 4) is 34.5 Å². The van der Waals surface area contributed by atoms with Gasteiger partial charge < -0.3 is 9.47 Å². The lowest BCUT2D eigenvalue weighted by Crippen LogP contribution is -2.01. The van der Waals surface area contributed by atoms with Crippen LogP contribution >= 0.6 is 0 Å². The minimum atomic E-state index is 0.213. The number of nitrogens with zero attached hydrogens (tertiary/aromatic N) is 4. The lowest BCUT2D eigenvalue weighted by atomic mass is 10.0. The van der Waals surface area contributed by atoms with Gasteiger partial charge in [-0.3, -0.25) is 0 Å². The maximum absolute atomic E-state index is 9.38. The molecular formula is C17H12N4O2. The molecule has 0 N–H and O–H groups in total. The number of hydrogen-bond donors (Lipinski definition) is 0. The molecule has 0 amide bonds. The summed E-state index contributed by atoms with van der Waals surface area (Å²) < 4.78 is 12.4. The van der Waals surface area contributed by atoms with Gasteiger partial charge in [0, 0.05) is 11.6 Å². The molecule has 1 aromatic heterocycles. The van der Waals surface area contributed by atoms with Gasteiger partial charge in [-0.1, -0.05) is 29.5 Å². The highest BCUT2D eigenvalue weighted by Crippen LogP contribution is 2.35. The second-order valence-electron chi connectivity index (χ2n) is 5.16. The van der Waals surface area contributed by atoms with Crippen molar-refractivity contribution >= 4 is 0 Å². The van der Waals surface area contributed by atoms with E-state index in [2.05, 4.69) is 16.4 Å². The smallest absolute Gasteiger partial charge is 0.231 e. The molecular weight excluding hydrogens is 292 g/mol. The Bertz CT molecular complexity index is 940. The molecule has 6 nitrogen and oxygen atoms in total. The molecule has 0 atom stereocenters. The van der Waals surface area contributed by atoms with Crippen molar-refractivity contribution in [2.75, 3.05) is 6.79 Å². The third kappa shape index (κ3) is 2.10. The number of hydrogen-bond acceptors (Lipinski definition) is 5. The molecule has 0 spiro atoms. The molecule has 3 aromatic rings. The molecule has 112 valence electrons. The van der Waals surface area contributed by atoms with Crippen LogP contribution in [0.4, 0.5) is 0 Å². The van der Waals surface area contributed by atoms with Crippen LogP contribution in [0, 0.1) is 18.3 Å². The maximum atomic E-state index is 9.38. The summed E-state index contributed by atoms with van der Waals surface area (Å²) in [5.41, 5.74) is 3.70. The van der Waals surface area contributed by atoms with Gasteiger partial charge in [-0.25, -0.2) is 4.68 Å². The quantitative estimate of drug-likeness (QED) is 0.728. The average molecular weight is 304 g/mol. The van der Waals surface area contributed by atoms with Crippen LogP contribution in [0.25, 0.3) is 16.9 Å². The van der Waals surface area contributed by atoms with Crippen LogP contribution < -0.4 is 9.47 Å². The van der Waals surface area contributed by atoms with Crippen LogP contribution in [0.5, 0.6) is 11.5 Å². The van der Waals surface area contributed by atoms with Crippen molar-refractivity contribution in [2.24, 2.45) is 0 Å². The van der Waals surface area contributed by atoms with Crippen LogP contribution in [0.15, 0.2) is 42.5 Å². The summed E-state index contributed by atoms with van der Waals surface area (Å²) in [4.78, 5) is 0. The monoisotopic (exact) mass is 304 g/mol. The van der Waals surface area contributed by atoms with Crippen molar-refractivity contribution in [1.29, 1.82) is 5.26 Å². The molecule has 0 radical (unpaired) electrons. The number of fused-ring (bicyclic) bond motifs is 1. The van der Waals surface area contributed by atoms with Gasteiger partial charge in [-0.15, -0.1) is 5.10 Å². The predicted molar refractivity (Wildman–Crippen MR) is 82.4 cm³/mol. The second-order valence-corrected chi connectivity index (χ2v) is 5.16. The van der Waals surface area contributed by atoms with E-state index in [-0.39, 0.29) is 12.5 Å². The van der Waals surface area contributed by atoms with Crippen molar-refractivity contribution in [3.05, 3.63) is 53.7 Å². The molecule has 0 fully saturated rings. The Morgan fingerprint density at radius 1 is 1.13 bits per heavy atom. The molecule has 1 aliphatic heterocycles. The van der Waals surface area contributed by atoms with Crippen LogP contribution in [-0.4, -0.2) is 21.8 Å². The Morgan fingerprint density at radius 2 is 1.96 bits per heavy atom. The van der Waals surface area contributed by atoms with Crippen molar-refractivity contribution in [3.63, 3.8) is 0 Å². The van der Waals surface area contributed by atoms with Gasteiger partial charge in [-0.05, 0) is 24.6 Å². The van der Waals surface area contributed by atoms with E-state index in [1.807, 2.05) is 49.4 Å². The minimum Gasteiger partial charge on any atom is -0.454 e. The largest absolute Gasteiger partial charge is 0.454 e. The van der Waals surface area contributed by atoms with Crippen LogP contribution in [0.3, 0.4) is 0 Å². The first kappa shape index (κ1) is 13.3. The lowest BCUT2D eigenvalue weighted by Gasteiger charge is -2.09. The van der Waals surface area contributed by atoms with Gasteiger partial charge in [0.15, 0.2) is 17.2 Å². The number of nitriles is 1. The summed E-state index contributed by atoms with van der Waals surface area (Å²) in [5.74, 6) is 1.36. The lowest BCUT2D eigenvalue weighted by molar-refractivity contribution is 0.174. The number of ether oxygens (including phenoxy) is 2. The highest BCUT2D eigenvalue weighted by atomic mass is 16.7. The third-order valence-electron chi connectivity index (χ3n) is 3.78. The normalized spacial score (nSPS) is 12.2. The van der Waals surface area contributed by atoms with Gasteiger partial charge in [0.05, 0.1) is 5.69 Å². The van der Waals surface area contributed by atoms with E-state index >= 15 is 0 Å². The molecule has 0 aliphatic carbocycles. The van der Waals surface area contributed by atoms with Crippen molar-refractivity contribution < 1.29 is 9.47 Å². The molecule has 2 aromatic carbocycles. The minimum absolute atomic E-state index is 0.213. The fourth-order valence-corrected chi connectivity index (χ4v) is 2.64. The first-order chi connectivity index (χ1) is 11.3. The maximum Gasteiger partial charge on any atom is 0.231 e. The van der Waals surface area contributed by atoms with Crippen LogP contribution in [-0.2, 0) is 0 Å². The zero-order valence-corrected chi connectivity index (χ0v) is 12.4. The average Bonchev–Trinajstić information content (AvgIpc) is 3.20. The van der Waals surface area contributed by atoms with Crippen LogP contribution in [0.2, 0.25) is 0 Å². The molecule has 4 rings (SSSR count). The number of rotatable bonds is 2. The van der Waals surface area contributed by atoms with E-state index in [0.717, 1.165) is 16.8 Å². The van der Waals surface area contributed by atoms with Gasteiger partial charge in [0.1, 0.15) is 11.8 Å². The summed E-state index contributed by atoms with van der Waals surface area (Å²) in [6.07, 6.45) is 0. The van der Waals surface area contributed by atoms with E-state index in [1.54, 1.807) is 4.68 Å². The summed E-state index contributed by atoms with van der Waals surface area (Å²) in [5, 5.41) is 17.5. The first-order valence-electron chi connectivity index (χ1n) is 7.10. The summed E-state index contributed by atoms with van der Waals surface area (Å²) >= 11 is 0. The SMILES string of the molecule is Cc1ccccc1-c1c(C#N)nnn1-c1ccc2c(c1)OCO2. The predicted octanol–water partition coefficient (Wildman–Crippen LogP) is 2.84. The van der Waals surface area contributed by atoms with Crippen LogP contribution in [0.1, 0.15) is 11.3 Å². The molecule has 0 saturated carbocycles. The fraction of sp³-hybridized carbons (Fsp3) is 0.118. The summed E-state index contributed by atoms with van der Waals surface area (Å²) in [6.45, 7) is 2.21. The van der Waals surface area contributed by atoms with Crippen molar-refractivity contribution in [1.82, 2.24) is 15.0 Å². The Morgan fingerprint density at radius 3 is 2.78 bits per heavy atom. The highest BCUT2D eigenvalue weighted by molar-refractivity contribution is 5.70. The standard InChI is InChI=1S/C17H12N4O2/c1-11-4-2-3-5-13(11)17-14(9-18)19-20-21(17)12-6-7-15-16(8-12)23-10-22-15/h2-8H,10H2,1H3. The number of aromatic nitrogens is 3. The van der Waals surface area contributed by atoms with E-state index in [1.165, 1.54) is 0 Å². The summed E-state index contributed by atoms with van der Waals surface area (Å²) in [6, 6.07) is 15.5.